The zero-order chi connectivity index (χ0) is 28.4. The van der Waals surface area contributed by atoms with E-state index in [4.69, 9.17) is 15.9 Å². The number of nitrogens with zero attached hydrogens (tertiary/aromatic N) is 4. The number of anilines is 3. The molecule has 14 heteroatoms. The Hall–Kier alpha value is -6.05. The van der Waals surface area contributed by atoms with E-state index in [1.165, 1.54) is 73.1 Å². The third kappa shape index (κ3) is 8.25. The van der Waals surface area contributed by atoms with E-state index in [0.29, 0.717) is 17.4 Å². The van der Waals surface area contributed by atoms with Crippen molar-refractivity contribution in [1.29, 1.82) is 0 Å². The van der Waals surface area contributed by atoms with Crippen molar-refractivity contribution in [2.45, 2.75) is 0 Å². The van der Waals surface area contributed by atoms with Gasteiger partial charge in [0.25, 0.3) is 0 Å². The molecule has 4 aromatic rings. The molecule has 10 N–H and O–H groups in total. The normalized spacial score (nSPS) is 10.7. The Bertz CT molecular complexity index is 1450. The molecular formula is C25H23N7O7. The minimum atomic E-state index is -0.118. The molecule has 0 fully saturated rings. The first-order valence-electron chi connectivity index (χ1n) is 10.9. The van der Waals surface area contributed by atoms with Crippen LogP contribution >= 0.6 is 0 Å². The molecule has 0 atom stereocenters. The molecule has 14 nitrogen and oxygen atoms in total. The number of benzene rings is 3. The quantitative estimate of drug-likeness (QED) is 0.0721. The number of nitrogen functional groups attached to an aromatic ring is 1. The molecule has 0 saturated heterocycles. The summed E-state index contributed by atoms with van der Waals surface area (Å²) in [6, 6.07) is 13.3. The number of hydrogen-bond donors (Lipinski definition) is 9. The van der Waals surface area contributed by atoms with Gasteiger partial charge in [0.15, 0.2) is 17.9 Å². The average molecular weight is 534 g/mol. The Morgan fingerprint density at radius 1 is 0.615 bits per heavy atom. The summed E-state index contributed by atoms with van der Waals surface area (Å²) in [6.07, 6.45) is 3.07. The molecule has 200 valence electrons. The minimum absolute atomic E-state index is 0.0161. The molecule has 0 spiro atoms. The molecule has 4 rings (SSSR count). The summed E-state index contributed by atoms with van der Waals surface area (Å²) in [5.41, 5.74) is 11.6. The van der Waals surface area contributed by atoms with Crippen molar-refractivity contribution in [1.82, 2.24) is 9.97 Å². The number of phenolic OH excluding ortho intramolecular Hbond substituents is 6. The molecule has 0 saturated carbocycles. The van der Waals surface area contributed by atoms with E-state index in [1.807, 2.05) is 0 Å². The smallest absolute Gasteiger partial charge is 0.224 e. The topological polar surface area (TPSA) is 239 Å². The largest absolute Gasteiger partial charge is 0.508 e. The lowest BCUT2D eigenvalue weighted by molar-refractivity contribution is 0.112. The van der Waals surface area contributed by atoms with Gasteiger partial charge in [-0.15, -0.1) is 0 Å². The summed E-state index contributed by atoms with van der Waals surface area (Å²) in [4.78, 5) is 18.0. The lowest BCUT2D eigenvalue weighted by Gasteiger charge is -2.05. The average Bonchev–Trinajstić information content (AvgIpc) is 2.89. The van der Waals surface area contributed by atoms with Gasteiger partial charge in [-0.2, -0.15) is 20.2 Å². The van der Waals surface area contributed by atoms with Crippen LogP contribution in [-0.2, 0) is 0 Å². The van der Waals surface area contributed by atoms with Crippen LogP contribution in [0.5, 0.6) is 34.5 Å². The Labute approximate surface area is 220 Å². The van der Waals surface area contributed by atoms with Crippen LogP contribution in [0.4, 0.5) is 17.6 Å². The van der Waals surface area contributed by atoms with Gasteiger partial charge in [-0.3, -0.25) is 15.6 Å². The minimum Gasteiger partial charge on any atom is -0.508 e. The maximum Gasteiger partial charge on any atom is 0.224 e. The fraction of sp³-hybridized carbons (Fsp3) is 0. The highest BCUT2D eigenvalue weighted by Gasteiger charge is 2.04. The highest BCUT2D eigenvalue weighted by molar-refractivity contribution is 5.85. The summed E-state index contributed by atoms with van der Waals surface area (Å²) in [5.74, 6) is 0.147. The second-order valence-electron chi connectivity index (χ2n) is 7.58. The monoisotopic (exact) mass is 533 g/mol. The molecule has 0 amide bonds. The molecular weight excluding hydrogens is 510 g/mol. The number of nitrogens with one attached hydrogen (secondary N) is 2. The van der Waals surface area contributed by atoms with Gasteiger partial charge in [0, 0.05) is 17.2 Å². The van der Waals surface area contributed by atoms with Gasteiger partial charge in [0.2, 0.25) is 5.95 Å². The molecule has 0 bridgehead atoms. The van der Waals surface area contributed by atoms with Gasteiger partial charge in [-0.25, -0.2) is 0 Å². The van der Waals surface area contributed by atoms with E-state index in [1.54, 1.807) is 0 Å². The number of hydrazone groups is 2. The highest BCUT2D eigenvalue weighted by atomic mass is 16.3. The summed E-state index contributed by atoms with van der Waals surface area (Å²) >= 11 is 0. The van der Waals surface area contributed by atoms with Crippen LogP contribution in [0.2, 0.25) is 0 Å². The first-order valence-corrected chi connectivity index (χ1v) is 10.9. The van der Waals surface area contributed by atoms with Gasteiger partial charge in [0.05, 0.1) is 18.0 Å². The summed E-state index contributed by atoms with van der Waals surface area (Å²) in [7, 11) is 0. The molecule has 0 radical (unpaired) electrons. The van der Waals surface area contributed by atoms with Gasteiger partial charge < -0.3 is 36.4 Å². The van der Waals surface area contributed by atoms with Crippen molar-refractivity contribution in [3.8, 4) is 34.5 Å². The summed E-state index contributed by atoms with van der Waals surface area (Å²) in [5, 5.41) is 63.9. The molecule has 0 aliphatic carbocycles. The van der Waals surface area contributed by atoms with E-state index in [-0.39, 0.29) is 57.6 Å². The van der Waals surface area contributed by atoms with Crippen molar-refractivity contribution in [3.63, 3.8) is 0 Å². The zero-order valence-electron chi connectivity index (χ0n) is 20.0. The van der Waals surface area contributed by atoms with Crippen LogP contribution in [-0.4, -0.2) is 59.3 Å². The molecule has 39 heavy (non-hydrogen) atoms. The van der Waals surface area contributed by atoms with Gasteiger partial charge in [-0.1, -0.05) is 0 Å². The lowest BCUT2D eigenvalue weighted by atomic mass is 10.2. The second kappa shape index (κ2) is 12.8. The summed E-state index contributed by atoms with van der Waals surface area (Å²) in [6.45, 7) is 0. The zero-order valence-corrected chi connectivity index (χ0v) is 20.0. The maximum atomic E-state index is 10.1. The number of aromatic nitrogens is 2. The fourth-order valence-electron chi connectivity index (χ4n) is 2.84. The van der Waals surface area contributed by atoms with Crippen LogP contribution in [0.1, 0.15) is 21.5 Å². The number of aromatic hydroxyl groups is 6. The number of carbonyl (C=O) groups excluding carboxylic acids is 1. The van der Waals surface area contributed by atoms with Crippen molar-refractivity contribution >= 4 is 36.3 Å². The van der Waals surface area contributed by atoms with Crippen molar-refractivity contribution in [2.24, 2.45) is 10.2 Å². The Balaban J connectivity index is 0.000000353. The number of rotatable bonds is 7. The van der Waals surface area contributed by atoms with E-state index < -0.39 is 0 Å². The van der Waals surface area contributed by atoms with E-state index in [0.717, 1.165) is 0 Å². The Morgan fingerprint density at radius 3 is 1.38 bits per heavy atom. The Kier molecular flexibility index (Phi) is 9.02. The predicted molar refractivity (Wildman–Crippen MR) is 144 cm³/mol. The third-order valence-corrected chi connectivity index (χ3v) is 4.67. The van der Waals surface area contributed by atoms with Crippen LogP contribution in [0.3, 0.4) is 0 Å². The highest BCUT2D eigenvalue weighted by Crippen LogP contribution is 2.22. The van der Waals surface area contributed by atoms with Crippen molar-refractivity contribution in [3.05, 3.63) is 77.4 Å². The van der Waals surface area contributed by atoms with Gasteiger partial charge >= 0.3 is 0 Å². The van der Waals surface area contributed by atoms with Crippen LogP contribution < -0.4 is 16.6 Å². The van der Waals surface area contributed by atoms with Crippen LogP contribution in [0, 0.1) is 0 Å². The SMILES string of the molecule is Nc1nc(NN=Cc2cc(O)ccc2O)cc(NN=Cc2cc(O)ccc2O)n1.O=Cc1cc(O)ccc1O. The molecule has 0 aliphatic heterocycles. The first kappa shape index (κ1) is 27.5. The van der Waals surface area contributed by atoms with Gasteiger partial charge in [-0.05, 0) is 54.6 Å². The molecule has 0 aliphatic rings. The van der Waals surface area contributed by atoms with Gasteiger partial charge in [0.1, 0.15) is 34.5 Å². The lowest BCUT2D eigenvalue weighted by Crippen LogP contribution is -2.03. The third-order valence-electron chi connectivity index (χ3n) is 4.67. The van der Waals surface area contributed by atoms with E-state index in [2.05, 4.69) is 31.0 Å². The molecule has 1 aromatic heterocycles. The fourth-order valence-corrected chi connectivity index (χ4v) is 2.84. The number of phenols is 6. The van der Waals surface area contributed by atoms with Crippen LogP contribution in [0.25, 0.3) is 0 Å². The Morgan fingerprint density at radius 2 is 1.00 bits per heavy atom. The standard InChI is InChI=1S/C18H17N7O4.C7H6O3/c19-18-22-16(24-20-8-10-5-12(26)1-3-14(10)28)7-17(23-18)25-21-9-11-6-13(27)2-4-15(11)29;8-4-5-3-6(9)1-2-7(5)10/h1-9,26-29H,(H4,19,22,23,24,25);1-4,9-10H. The molecule has 0 unspecified atom stereocenters. The maximum absolute atomic E-state index is 10.1. The first-order chi connectivity index (χ1) is 18.6. The van der Waals surface area contributed by atoms with E-state index >= 15 is 0 Å². The molecule has 3 aromatic carbocycles. The number of carbonyl (C=O) groups is 1. The number of aldehydes is 1. The molecule has 1 heterocycles. The van der Waals surface area contributed by atoms with Crippen molar-refractivity contribution < 1.29 is 35.4 Å². The second-order valence-corrected chi connectivity index (χ2v) is 7.58. The van der Waals surface area contributed by atoms with E-state index in [9.17, 15) is 25.2 Å². The van der Waals surface area contributed by atoms with Crippen molar-refractivity contribution in [2.75, 3.05) is 16.6 Å². The van der Waals surface area contributed by atoms with Crippen LogP contribution in [0.15, 0.2) is 70.9 Å². The number of hydrogen-bond acceptors (Lipinski definition) is 14. The summed E-state index contributed by atoms with van der Waals surface area (Å²) < 4.78 is 0. The predicted octanol–water partition coefficient (Wildman–Crippen LogP) is 2.68. The number of nitrogens with two attached hydrogens (primary N) is 1.